The Kier molecular flexibility index (Phi) is 4.12. The molecule has 2 unspecified atom stereocenters. The molecule has 0 spiro atoms. The second-order valence-corrected chi connectivity index (χ2v) is 6.77. The third kappa shape index (κ3) is 3.09. The third-order valence-corrected chi connectivity index (χ3v) is 4.68. The largest absolute Gasteiger partial charge is 0.376 e. The summed E-state index contributed by atoms with van der Waals surface area (Å²) in [6.45, 7) is 4.58. The molecule has 0 N–H and O–H groups in total. The molecule has 132 valence electrons. The lowest BCUT2D eigenvalue weighted by Crippen LogP contribution is -2.42. The van der Waals surface area contributed by atoms with Crippen molar-refractivity contribution in [2.24, 2.45) is 5.92 Å². The van der Waals surface area contributed by atoms with Crippen molar-refractivity contribution in [1.82, 2.24) is 19.6 Å². The topological polar surface area (TPSA) is 82.2 Å². The van der Waals surface area contributed by atoms with Crippen molar-refractivity contribution in [3.63, 3.8) is 0 Å². The minimum absolute atomic E-state index is 0.00741. The first-order valence-electron chi connectivity index (χ1n) is 8.65. The van der Waals surface area contributed by atoms with E-state index in [0.29, 0.717) is 25.6 Å². The Morgan fingerprint density at radius 1 is 1.32 bits per heavy atom. The van der Waals surface area contributed by atoms with Gasteiger partial charge in [-0.15, -0.1) is 0 Å². The normalized spacial score (nSPS) is 22.8. The summed E-state index contributed by atoms with van der Waals surface area (Å²) in [5, 5.41) is 8.56. The smallest absolute Gasteiger partial charge is 0.279 e. The Labute approximate surface area is 145 Å². The van der Waals surface area contributed by atoms with Crippen LogP contribution in [0.2, 0.25) is 0 Å². The minimum atomic E-state index is -0.218. The molecule has 1 amide bonds. The van der Waals surface area contributed by atoms with E-state index < -0.39 is 0 Å². The van der Waals surface area contributed by atoms with E-state index in [9.17, 15) is 9.59 Å². The van der Waals surface area contributed by atoms with E-state index in [1.165, 1.54) is 16.8 Å². The number of nitrogens with zero attached hydrogens (tertiary/aromatic N) is 5. The van der Waals surface area contributed by atoms with Gasteiger partial charge in [-0.2, -0.15) is 10.2 Å². The molecule has 2 aromatic heterocycles. The van der Waals surface area contributed by atoms with Crippen LogP contribution in [0.4, 0.5) is 5.82 Å². The van der Waals surface area contributed by atoms with Crippen LogP contribution < -0.4 is 10.5 Å². The third-order valence-electron chi connectivity index (χ3n) is 4.68. The second kappa shape index (κ2) is 6.44. The molecule has 2 aliphatic rings. The number of carbonyl (C=O) groups excluding carboxylic acids is 1. The molecule has 4 rings (SSSR count). The maximum absolute atomic E-state index is 13.0. The van der Waals surface area contributed by atoms with Gasteiger partial charge in [0.15, 0.2) is 0 Å². The van der Waals surface area contributed by atoms with Crippen molar-refractivity contribution in [2.75, 3.05) is 18.1 Å². The predicted molar refractivity (Wildman–Crippen MR) is 90.5 cm³/mol. The standard InChI is InChI=1S/C17H21N5O3/c1-12-9-20(15-6-7-18-21(15)10-12)17(24)14-4-5-16(23)22(19-14)11-13-3-2-8-25-13/h4-7,12-13H,2-3,8-11H2,1H3. The Bertz CT molecular complexity index is 837. The highest BCUT2D eigenvalue weighted by atomic mass is 16.5. The summed E-state index contributed by atoms with van der Waals surface area (Å²) in [4.78, 5) is 26.7. The molecule has 1 fully saturated rings. The summed E-state index contributed by atoms with van der Waals surface area (Å²) in [6, 6.07) is 4.72. The molecule has 8 heteroatoms. The number of anilines is 1. The molecule has 4 heterocycles. The summed E-state index contributed by atoms with van der Waals surface area (Å²) < 4.78 is 8.74. The molecule has 0 aromatic carbocycles. The zero-order valence-corrected chi connectivity index (χ0v) is 14.2. The average Bonchev–Trinajstić information content (AvgIpc) is 3.26. The van der Waals surface area contributed by atoms with Crippen molar-refractivity contribution in [2.45, 2.75) is 39.0 Å². The SMILES string of the molecule is CC1CN(C(=O)c2ccc(=O)n(CC3CCCO3)n2)c2ccnn2C1. The average molecular weight is 343 g/mol. The van der Waals surface area contributed by atoms with Crippen molar-refractivity contribution in [1.29, 1.82) is 0 Å². The van der Waals surface area contributed by atoms with Gasteiger partial charge in [0, 0.05) is 31.8 Å². The van der Waals surface area contributed by atoms with Crippen LogP contribution in [0.3, 0.4) is 0 Å². The number of aromatic nitrogens is 4. The van der Waals surface area contributed by atoms with E-state index in [1.807, 2.05) is 10.7 Å². The van der Waals surface area contributed by atoms with Crippen LogP contribution in [0, 0.1) is 5.92 Å². The lowest BCUT2D eigenvalue weighted by molar-refractivity contribution is 0.0905. The van der Waals surface area contributed by atoms with E-state index in [2.05, 4.69) is 17.1 Å². The lowest BCUT2D eigenvalue weighted by Gasteiger charge is -2.31. The molecule has 2 aromatic rings. The quantitative estimate of drug-likeness (QED) is 0.827. The zero-order chi connectivity index (χ0) is 17.4. The Hall–Kier alpha value is -2.48. The summed E-state index contributed by atoms with van der Waals surface area (Å²) in [5.74, 6) is 0.852. The van der Waals surface area contributed by atoms with Crippen LogP contribution in [-0.2, 0) is 17.8 Å². The van der Waals surface area contributed by atoms with Gasteiger partial charge in [0.25, 0.3) is 11.5 Å². The number of fused-ring (bicyclic) bond motifs is 1. The van der Waals surface area contributed by atoms with Gasteiger partial charge in [-0.25, -0.2) is 9.36 Å². The fourth-order valence-electron chi connectivity index (χ4n) is 3.45. The highest BCUT2D eigenvalue weighted by Crippen LogP contribution is 2.24. The number of hydrogen-bond donors (Lipinski definition) is 0. The summed E-state index contributed by atoms with van der Waals surface area (Å²) in [5.41, 5.74) is 0.0450. The molecular formula is C17H21N5O3. The molecular weight excluding hydrogens is 322 g/mol. The van der Waals surface area contributed by atoms with Gasteiger partial charge in [-0.3, -0.25) is 14.5 Å². The second-order valence-electron chi connectivity index (χ2n) is 6.77. The van der Waals surface area contributed by atoms with Crippen molar-refractivity contribution in [3.8, 4) is 0 Å². The van der Waals surface area contributed by atoms with E-state index in [0.717, 1.165) is 25.2 Å². The fraction of sp³-hybridized carbons (Fsp3) is 0.529. The van der Waals surface area contributed by atoms with E-state index in [-0.39, 0.29) is 23.3 Å². The highest BCUT2D eigenvalue weighted by molar-refractivity contribution is 6.04. The first-order chi connectivity index (χ1) is 12.1. The molecule has 2 aliphatic heterocycles. The summed E-state index contributed by atoms with van der Waals surface area (Å²) in [7, 11) is 0. The number of rotatable bonds is 3. The predicted octanol–water partition coefficient (Wildman–Crippen LogP) is 0.915. The van der Waals surface area contributed by atoms with Crippen LogP contribution in [0.15, 0.2) is 29.2 Å². The Morgan fingerprint density at radius 2 is 2.20 bits per heavy atom. The molecule has 0 radical (unpaired) electrons. The molecule has 8 nitrogen and oxygen atoms in total. The fourth-order valence-corrected chi connectivity index (χ4v) is 3.45. The first kappa shape index (κ1) is 16.0. The number of hydrogen-bond acceptors (Lipinski definition) is 5. The van der Waals surface area contributed by atoms with Crippen molar-refractivity contribution < 1.29 is 9.53 Å². The van der Waals surface area contributed by atoms with Gasteiger partial charge in [0.05, 0.1) is 18.8 Å². The van der Waals surface area contributed by atoms with Gasteiger partial charge >= 0.3 is 0 Å². The van der Waals surface area contributed by atoms with Gasteiger partial charge < -0.3 is 4.74 Å². The molecule has 0 saturated carbocycles. The van der Waals surface area contributed by atoms with Gasteiger partial charge in [0.1, 0.15) is 11.5 Å². The minimum Gasteiger partial charge on any atom is -0.376 e. The van der Waals surface area contributed by atoms with Crippen LogP contribution in [0.25, 0.3) is 0 Å². The van der Waals surface area contributed by atoms with Gasteiger partial charge in [0.2, 0.25) is 0 Å². The molecule has 0 bridgehead atoms. The highest BCUT2D eigenvalue weighted by Gasteiger charge is 2.29. The lowest BCUT2D eigenvalue weighted by atomic mass is 10.1. The molecule has 1 saturated heterocycles. The van der Waals surface area contributed by atoms with Crippen molar-refractivity contribution in [3.05, 3.63) is 40.4 Å². The zero-order valence-electron chi connectivity index (χ0n) is 14.2. The Balaban J connectivity index is 1.61. The number of ether oxygens (including phenoxy) is 1. The van der Waals surface area contributed by atoms with Crippen LogP contribution >= 0.6 is 0 Å². The monoisotopic (exact) mass is 343 g/mol. The van der Waals surface area contributed by atoms with Gasteiger partial charge in [-0.05, 0) is 24.8 Å². The summed E-state index contributed by atoms with van der Waals surface area (Å²) >= 11 is 0. The molecule has 2 atom stereocenters. The maximum atomic E-state index is 13.0. The van der Waals surface area contributed by atoms with Crippen LogP contribution in [0.5, 0.6) is 0 Å². The van der Waals surface area contributed by atoms with Crippen LogP contribution in [0.1, 0.15) is 30.3 Å². The first-order valence-corrected chi connectivity index (χ1v) is 8.65. The van der Waals surface area contributed by atoms with E-state index >= 15 is 0 Å². The van der Waals surface area contributed by atoms with Gasteiger partial charge in [-0.1, -0.05) is 6.92 Å². The van der Waals surface area contributed by atoms with Crippen LogP contribution in [-0.4, -0.2) is 44.7 Å². The maximum Gasteiger partial charge on any atom is 0.279 e. The Morgan fingerprint density at radius 3 is 3.00 bits per heavy atom. The molecule has 25 heavy (non-hydrogen) atoms. The number of amides is 1. The van der Waals surface area contributed by atoms with Crippen molar-refractivity contribution >= 4 is 11.7 Å². The van der Waals surface area contributed by atoms with E-state index in [1.54, 1.807) is 11.1 Å². The summed E-state index contributed by atoms with van der Waals surface area (Å²) in [6.07, 6.45) is 3.59. The number of carbonyl (C=O) groups is 1. The molecule has 0 aliphatic carbocycles. The van der Waals surface area contributed by atoms with E-state index in [4.69, 9.17) is 4.74 Å².